The first-order valence-corrected chi connectivity index (χ1v) is 3.90. The minimum atomic E-state index is 0.943. The number of benzene rings is 1. The Hall–Kier alpha value is -1.01. The van der Waals surface area contributed by atoms with Gasteiger partial charge in [-0.15, -0.1) is 9.24 Å². The van der Waals surface area contributed by atoms with Gasteiger partial charge in [-0.1, -0.05) is 6.07 Å². The van der Waals surface area contributed by atoms with E-state index < -0.39 is 0 Å². The van der Waals surface area contributed by atoms with Crippen LogP contribution in [0, 0.1) is 0 Å². The fraction of sp³-hybridized carbons (Fsp3) is 0. The van der Waals surface area contributed by atoms with E-state index in [1.54, 1.807) is 12.4 Å². The Labute approximate surface area is 66.9 Å². The van der Waals surface area contributed by atoms with E-state index in [0.29, 0.717) is 0 Å². The highest BCUT2D eigenvalue weighted by molar-refractivity contribution is 7.27. The molecule has 0 amide bonds. The molecule has 0 spiro atoms. The van der Waals surface area contributed by atoms with Crippen molar-refractivity contribution in [2.75, 3.05) is 0 Å². The molecule has 0 N–H and O–H groups in total. The topological polar surface area (TPSA) is 25.8 Å². The molecule has 0 saturated heterocycles. The van der Waals surface area contributed by atoms with Gasteiger partial charge in [-0.2, -0.15) is 0 Å². The first-order chi connectivity index (χ1) is 5.36. The fourth-order valence-electron chi connectivity index (χ4n) is 0.980. The van der Waals surface area contributed by atoms with Gasteiger partial charge in [0.2, 0.25) is 0 Å². The van der Waals surface area contributed by atoms with Gasteiger partial charge in [-0.05, 0) is 17.4 Å². The molecule has 11 heavy (non-hydrogen) atoms. The van der Waals surface area contributed by atoms with Crippen LogP contribution in [0.4, 0.5) is 0 Å². The zero-order valence-electron chi connectivity index (χ0n) is 5.86. The van der Waals surface area contributed by atoms with Gasteiger partial charge in [-0.3, -0.25) is 9.97 Å². The molecule has 2 rings (SSSR count). The Balaban J connectivity index is 2.83. The van der Waals surface area contributed by atoms with Gasteiger partial charge >= 0.3 is 0 Å². The number of nitrogens with zero attached hydrogens (tertiary/aromatic N) is 2. The molecule has 0 aliphatic heterocycles. The van der Waals surface area contributed by atoms with Gasteiger partial charge in [0, 0.05) is 12.4 Å². The van der Waals surface area contributed by atoms with E-state index in [4.69, 9.17) is 0 Å². The largest absolute Gasteiger partial charge is 0.253 e. The third-order valence-corrected chi connectivity index (χ3v) is 1.85. The van der Waals surface area contributed by atoms with Gasteiger partial charge in [0.15, 0.2) is 0 Å². The lowest BCUT2D eigenvalue weighted by molar-refractivity contribution is 1.30. The second-order valence-electron chi connectivity index (χ2n) is 2.30. The van der Waals surface area contributed by atoms with Crippen LogP contribution in [0.3, 0.4) is 0 Å². The number of fused-ring (bicyclic) bond motifs is 1. The molecule has 1 aromatic carbocycles. The summed E-state index contributed by atoms with van der Waals surface area (Å²) >= 11 is 0. The van der Waals surface area contributed by atoms with Crippen molar-refractivity contribution in [3.8, 4) is 0 Å². The lowest BCUT2D eigenvalue weighted by Gasteiger charge is -1.94. The van der Waals surface area contributed by atoms with Crippen molar-refractivity contribution in [2.24, 2.45) is 0 Å². The van der Waals surface area contributed by atoms with Gasteiger partial charge < -0.3 is 0 Å². The average molecular weight is 162 g/mol. The smallest absolute Gasteiger partial charge is 0.0892 e. The highest BCUT2D eigenvalue weighted by Crippen LogP contribution is 2.05. The van der Waals surface area contributed by atoms with Gasteiger partial charge in [-0.25, -0.2) is 0 Å². The van der Waals surface area contributed by atoms with Crippen LogP contribution in [0.15, 0.2) is 30.6 Å². The van der Waals surface area contributed by atoms with Crippen molar-refractivity contribution in [1.29, 1.82) is 0 Å². The number of hydrogen-bond donors (Lipinski definition) is 0. The average Bonchev–Trinajstić information content (AvgIpc) is 2.04. The first-order valence-electron chi connectivity index (χ1n) is 3.32. The van der Waals surface area contributed by atoms with Gasteiger partial charge in [0.1, 0.15) is 0 Å². The van der Waals surface area contributed by atoms with E-state index in [2.05, 4.69) is 19.2 Å². The van der Waals surface area contributed by atoms with E-state index in [1.165, 1.54) is 0 Å². The first kappa shape index (κ1) is 6.68. The molecule has 2 aromatic rings. The molecule has 1 atom stereocenters. The van der Waals surface area contributed by atoms with E-state index in [-0.39, 0.29) is 0 Å². The highest BCUT2D eigenvalue weighted by atomic mass is 31.0. The molecule has 0 aliphatic carbocycles. The SMILES string of the molecule is Pc1ccc2nccnc2c1. The third-order valence-electron chi connectivity index (χ3n) is 1.49. The van der Waals surface area contributed by atoms with Gasteiger partial charge in [0.05, 0.1) is 11.0 Å². The highest BCUT2D eigenvalue weighted by Gasteiger charge is 1.92. The molecule has 0 fully saturated rings. The molecule has 0 bridgehead atoms. The van der Waals surface area contributed by atoms with Crippen LogP contribution < -0.4 is 5.30 Å². The molecule has 1 aromatic heterocycles. The summed E-state index contributed by atoms with van der Waals surface area (Å²) in [5.74, 6) is 0. The Bertz CT molecular complexity index is 387. The molecule has 1 unspecified atom stereocenters. The predicted octanol–water partition coefficient (Wildman–Crippen LogP) is 1.13. The van der Waals surface area contributed by atoms with Crippen molar-refractivity contribution in [1.82, 2.24) is 9.97 Å². The molecule has 0 aliphatic rings. The van der Waals surface area contributed by atoms with Crippen LogP contribution in [-0.4, -0.2) is 9.97 Å². The summed E-state index contributed by atoms with van der Waals surface area (Å²) in [5.41, 5.74) is 1.89. The van der Waals surface area contributed by atoms with Crippen LogP contribution >= 0.6 is 9.24 Å². The molecule has 0 radical (unpaired) electrons. The molecule has 0 saturated carbocycles. The predicted molar refractivity (Wildman–Crippen MR) is 48.9 cm³/mol. The van der Waals surface area contributed by atoms with Crippen LogP contribution in [0.2, 0.25) is 0 Å². The monoisotopic (exact) mass is 162 g/mol. The molecule has 3 heteroatoms. The number of aromatic nitrogens is 2. The zero-order chi connectivity index (χ0) is 7.68. The minimum absolute atomic E-state index is 0.943. The second-order valence-corrected chi connectivity index (χ2v) is 2.97. The maximum absolute atomic E-state index is 4.17. The van der Waals surface area contributed by atoms with E-state index in [1.807, 2.05) is 18.2 Å². The molecule has 54 valence electrons. The molecule has 2 nitrogen and oxygen atoms in total. The normalized spacial score (nSPS) is 10.3. The zero-order valence-corrected chi connectivity index (χ0v) is 7.01. The quantitative estimate of drug-likeness (QED) is 0.542. The van der Waals surface area contributed by atoms with Crippen molar-refractivity contribution in [2.45, 2.75) is 0 Å². The Morgan fingerprint density at radius 1 is 1.00 bits per heavy atom. The van der Waals surface area contributed by atoms with Crippen LogP contribution in [0.1, 0.15) is 0 Å². The second kappa shape index (κ2) is 2.55. The standard InChI is InChI=1S/C8H7N2P/c11-6-1-2-7-8(5-6)10-4-3-9-7/h1-5H,11H2. The number of hydrogen-bond acceptors (Lipinski definition) is 2. The van der Waals surface area contributed by atoms with Crippen LogP contribution in [0.25, 0.3) is 11.0 Å². The Morgan fingerprint density at radius 2 is 1.73 bits per heavy atom. The van der Waals surface area contributed by atoms with E-state index >= 15 is 0 Å². The van der Waals surface area contributed by atoms with Crippen molar-refractivity contribution in [3.05, 3.63) is 30.6 Å². The molecular formula is C8H7N2P. The van der Waals surface area contributed by atoms with Crippen LogP contribution in [-0.2, 0) is 0 Å². The summed E-state index contributed by atoms with van der Waals surface area (Å²) in [6.45, 7) is 0. The number of rotatable bonds is 0. The summed E-state index contributed by atoms with van der Waals surface area (Å²) in [6, 6.07) is 5.96. The van der Waals surface area contributed by atoms with E-state index in [0.717, 1.165) is 16.3 Å². The summed E-state index contributed by atoms with van der Waals surface area (Å²) in [6.07, 6.45) is 3.40. The van der Waals surface area contributed by atoms with Crippen LogP contribution in [0.5, 0.6) is 0 Å². The summed E-state index contributed by atoms with van der Waals surface area (Å²) in [4.78, 5) is 8.32. The van der Waals surface area contributed by atoms with Crippen molar-refractivity contribution >= 4 is 25.6 Å². The summed E-state index contributed by atoms with van der Waals surface area (Å²) < 4.78 is 0. The van der Waals surface area contributed by atoms with E-state index in [9.17, 15) is 0 Å². The molecular weight excluding hydrogens is 155 g/mol. The van der Waals surface area contributed by atoms with Gasteiger partial charge in [0.25, 0.3) is 0 Å². The Morgan fingerprint density at radius 3 is 2.55 bits per heavy atom. The summed E-state index contributed by atoms with van der Waals surface area (Å²) in [7, 11) is 2.63. The minimum Gasteiger partial charge on any atom is -0.253 e. The van der Waals surface area contributed by atoms with Crippen molar-refractivity contribution in [3.63, 3.8) is 0 Å². The Kier molecular flexibility index (Phi) is 1.55. The fourth-order valence-corrected chi connectivity index (χ4v) is 1.23. The lowest BCUT2D eigenvalue weighted by atomic mass is 10.3. The van der Waals surface area contributed by atoms with Crippen molar-refractivity contribution < 1.29 is 0 Å². The molecule has 1 heterocycles. The third kappa shape index (κ3) is 1.22. The summed E-state index contributed by atoms with van der Waals surface area (Å²) in [5, 5.41) is 1.14. The maximum atomic E-state index is 4.17. The maximum Gasteiger partial charge on any atom is 0.0892 e. The lowest BCUT2D eigenvalue weighted by Crippen LogP contribution is -1.90.